The summed E-state index contributed by atoms with van der Waals surface area (Å²) < 4.78 is 27.1. The molecule has 1 heterocycles. The van der Waals surface area contributed by atoms with Crippen LogP contribution in [0.2, 0.25) is 0 Å². The van der Waals surface area contributed by atoms with Crippen LogP contribution in [0.15, 0.2) is 60.4 Å². The molecule has 0 fully saturated rings. The second kappa shape index (κ2) is 9.70. The van der Waals surface area contributed by atoms with E-state index in [1.54, 1.807) is 88.9 Å². The molecular weight excluding hydrogens is 436 g/mol. The number of methoxy groups -OCH3 is 3. The van der Waals surface area contributed by atoms with E-state index < -0.39 is 5.97 Å². The van der Waals surface area contributed by atoms with Crippen LogP contribution in [0.4, 0.5) is 0 Å². The molecule has 7 heteroatoms. The predicted molar refractivity (Wildman–Crippen MR) is 126 cm³/mol. The Bertz CT molecular complexity index is 1270. The van der Waals surface area contributed by atoms with Gasteiger partial charge in [-0.15, -0.1) is 0 Å². The van der Waals surface area contributed by atoms with Gasteiger partial charge in [-0.05, 0) is 54.5 Å². The number of carbonyl (C=O) groups is 2. The summed E-state index contributed by atoms with van der Waals surface area (Å²) in [6, 6.07) is 15.7. The van der Waals surface area contributed by atoms with Gasteiger partial charge in [0, 0.05) is 17.7 Å². The molecule has 0 amide bonds. The molecule has 0 spiro atoms. The number of hydrogen-bond acceptors (Lipinski definition) is 7. The molecule has 3 aromatic rings. The van der Waals surface area contributed by atoms with Crippen LogP contribution in [0.5, 0.6) is 28.7 Å². The van der Waals surface area contributed by atoms with Crippen molar-refractivity contribution in [3.63, 3.8) is 0 Å². The standard InChI is InChI=1S/C27H24O7/c1-16-11-21(33-25(28)12-17-5-8-19(30-2)9-6-17)15-23-26(16)27(29)24(34-23)13-18-7-10-20(31-3)14-22(18)32-4/h5-11,13-15H,12H2,1-4H3/b24-13-. The van der Waals surface area contributed by atoms with Crippen molar-refractivity contribution in [2.45, 2.75) is 13.3 Å². The van der Waals surface area contributed by atoms with Gasteiger partial charge in [0.05, 0.1) is 33.3 Å². The van der Waals surface area contributed by atoms with Crippen LogP contribution in [0.1, 0.15) is 27.0 Å². The molecule has 0 bridgehead atoms. The monoisotopic (exact) mass is 460 g/mol. The van der Waals surface area contributed by atoms with E-state index in [1.165, 1.54) is 0 Å². The number of rotatable bonds is 7. The van der Waals surface area contributed by atoms with Crippen molar-refractivity contribution in [2.24, 2.45) is 0 Å². The van der Waals surface area contributed by atoms with Crippen LogP contribution in [0.3, 0.4) is 0 Å². The van der Waals surface area contributed by atoms with Gasteiger partial charge in [0.15, 0.2) is 5.76 Å². The summed E-state index contributed by atoms with van der Waals surface area (Å²) in [5.74, 6) is 2.03. The van der Waals surface area contributed by atoms with Crippen molar-refractivity contribution in [1.29, 1.82) is 0 Å². The van der Waals surface area contributed by atoms with Crippen LogP contribution in [-0.4, -0.2) is 33.1 Å². The van der Waals surface area contributed by atoms with Gasteiger partial charge in [0.2, 0.25) is 5.78 Å². The number of Topliss-reactive ketones (excluding diaryl/α,β-unsaturated/α-hetero) is 1. The van der Waals surface area contributed by atoms with Crippen LogP contribution in [0, 0.1) is 6.92 Å². The minimum atomic E-state index is -0.424. The number of fused-ring (bicyclic) bond motifs is 1. The summed E-state index contributed by atoms with van der Waals surface area (Å²) in [6.45, 7) is 1.78. The lowest BCUT2D eigenvalue weighted by atomic mass is 10.0. The highest BCUT2D eigenvalue weighted by Crippen LogP contribution is 2.38. The lowest BCUT2D eigenvalue weighted by Crippen LogP contribution is -2.11. The van der Waals surface area contributed by atoms with Gasteiger partial charge in [0.25, 0.3) is 0 Å². The topological polar surface area (TPSA) is 80.3 Å². The van der Waals surface area contributed by atoms with Crippen molar-refractivity contribution in [1.82, 2.24) is 0 Å². The molecule has 7 nitrogen and oxygen atoms in total. The third-order valence-corrected chi connectivity index (χ3v) is 5.41. The predicted octanol–water partition coefficient (Wildman–Crippen LogP) is 4.79. The van der Waals surface area contributed by atoms with E-state index in [1.807, 2.05) is 0 Å². The third-order valence-electron chi connectivity index (χ3n) is 5.41. The second-order valence-corrected chi connectivity index (χ2v) is 7.66. The first kappa shape index (κ1) is 22.9. The molecule has 1 aliphatic rings. The average Bonchev–Trinajstić information content (AvgIpc) is 3.14. The van der Waals surface area contributed by atoms with Crippen molar-refractivity contribution in [3.8, 4) is 28.7 Å². The van der Waals surface area contributed by atoms with Gasteiger partial charge in [0.1, 0.15) is 28.7 Å². The van der Waals surface area contributed by atoms with E-state index >= 15 is 0 Å². The van der Waals surface area contributed by atoms with Crippen molar-refractivity contribution in [2.75, 3.05) is 21.3 Å². The SMILES string of the molecule is COc1ccc(CC(=O)Oc2cc(C)c3c(c2)O/C(=C\c2ccc(OC)cc2OC)C3=O)cc1. The Balaban J connectivity index is 1.53. The number of ether oxygens (including phenoxy) is 5. The summed E-state index contributed by atoms with van der Waals surface area (Å²) in [7, 11) is 4.69. The fraction of sp³-hybridized carbons (Fsp3) is 0.185. The molecule has 1 aliphatic heterocycles. The normalized spacial score (nSPS) is 13.3. The molecule has 4 rings (SSSR count). The number of esters is 1. The van der Waals surface area contributed by atoms with Gasteiger partial charge in [-0.3, -0.25) is 9.59 Å². The number of allylic oxidation sites excluding steroid dienone is 1. The Kier molecular flexibility index (Phi) is 6.54. The maximum Gasteiger partial charge on any atom is 0.315 e. The summed E-state index contributed by atoms with van der Waals surface area (Å²) >= 11 is 0. The van der Waals surface area contributed by atoms with Crippen molar-refractivity contribution < 1.29 is 33.3 Å². The van der Waals surface area contributed by atoms with Gasteiger partial charge >= 0.3 is 5.97 Å². The Morgan fingerprint density at radius 1 is 0.882 bits per heavy atom. The largest absolute Gasteiger partial charge is 0.497 e. The molecule has 0 aromatic heterocycles. The maximum absolute atomic E-state index is 13.0. The minimum absolute atomic E-state index is 0.0995. The molecule has 174 valence electrons. The lowest BCUT2D eigenvalue weighted by Gasteiger charge is -2.08. The highest BCUT2D eigenvalue weighted by Gasteiger charge is 2.30. The van der Waals surface area contributed by atoms with Crippen LogP contribution < -0.4 is 23.7 Å². The summed E-state index contributed by atoms with van der Waals surface area (Å²) in [5, 5.41) is 0. The highest BCUT2D eigenvalue weighted by molar-refractivity contribution is 6.15. The van der Waals surface area contributed by atoms with Crippen LogP contribution in [-0.2, 0) is 11.2 Å². The molecule has 0 unspecified atom stereocenters. The van der Waals surface area contributed by atoms with Gasteiger partial charge in [-0.25, -0.2) is 0 Å². The first-order chi connectivity index (χ1) is 16.4. The number of aryl methyl sites for hydroxylation is 1. The maximum atomic E-state index is 13.0. The minimum Gasteiger partial charge on any atom is -0.497 e. The first-order valence-corrected chi connectivity index (χ1v) is 10.6. The number of carbonyl (C=O) groups excluding carboxylic acids is 2. The Labute approximate surface area is 197 Å². The Morgan fingerprint density at radius 3 is 2.26 bits per heavy atom. The number of hydrogen-bond donors (Lipinski definition) is 0. The molecule has 34 heavy (non-hydrogen) atoms. The van der Waals surface area contributed by atoms with Crippen molar-refractivity contribution in [3.05, 3.63) is 82.6 Å². The average molecular weight is 460 g/mol. The van der Waals surface area contributed by atoms with Crippen LogP contribution in [0.25, 0.3) is 6.08 Å². The zero-order chi connectivity index (χ0) is 24.2. The number of benzene rings is 3. The highest BCUT2D eigenvalue weighted by atomic mass is 16.5. The number of ketones is 1. The smallest absolute Gasteiger partial charge is 0.315 e. The second-order valence-electron chi connectivity index (χ2n) is 7.66. The van der Waals surface area contributed by atoms with E-state index in [2.05, 4.69) is 0 Å². The van der Waals surface area contributed by atoms with Crippen molar-refractivity contribution >= 4 is 17.8 Å². The molecule has 0 aliphatic carbocycles. The Morgan fingerprint density at radius 2 is 1.59 bits per heavy atom. The fourth-order valence-corrected chi connectivity index (χ4v) is 3.69. The van der Waals surface area contributed by atoms with Gasteiger partial charge in [-0.2, -0.15) is 0 Å². The quantitative estimate of drug-likeness (QED) is 0.285. The molecular formula is C27H24O7. The van der Waals surface area contributed by atoms with Gasteiger partial charge < -0.3 is 23.7 Å². The van der Waals surface area contributed by atoms with E-state index in [0.717, 1.165) is 5.56 Å². The zero-order valence-electron chi connectivity index (χ0n) is 19.3. The van der Waals surface area contributed by atoms with E-state index in [4.69, 9.17) is 23.7 Å². The zero-order valence-corrected chi connectivity index (χ0v) is 19.3. The molecule has 3 aromatic carbocycles. The fourth-order valence-electron chi connectivity index (χ4n) is 3.69. The molecule has 0 saturated carbocycles. The first-order valence-electron chi connectivity index (χ1n) is 10.6. The molecule has 0 saturated heterocycles. The molecule has 0 N–H and O–H groups in total. The molecule has 0 radical (unpaired) electrons. The summed E-state index contributed by atoms with van der Waals surface area (Å²) in [4.78, 5) is 25.4. The van der Waals surface area contributed by atoms with E-state index in [-0.39, 0.29) is 18.0 Å². The summed E-state index contributed by atoms with van der Waals surface area (Å²) in [5.41, 5.74) is 2.56. The lowest BCUT2D eigenvalue weighted by molar-refractivity contribution is -0.133. The van der Waals surface area contributed by atoms with Crippen LogP contribution >= 0.6 is 0 Å². The molecule has 0 atom stereocenters. The third kappa shape index (κ3) is 4.73. The Hall–Kier alpha value is -4.26. The summed E-state index contributed by atoms with van der Waals surface area (Å²) in [6.07, 6.45) is 1.72. The van der Waals surface area contributed by atoms with E-state index in [0.29, 0.717) is 45.4 Å². The van der Waals surface area contributed by atoms with Gasteiger partial charge in [-0.1, -0.05) is 12.1 Å². The van der Waals surface area contributed by atoms with E-state index in [9.17, 15) is 9.59 Å².